The van der Waals surface area contributed by atoms with Gasteiger partial charge < -0.3 is 26.0 Å². The van der Waals surface area contributed by atoms with Gasteiger partial charge in [0.05, 0.1) is 13.7 Å². The molecule has 1 atom stereocenters. The Hall–Kier alpha value is -3.59. The lowest BCUT2D eigenvalue weighted by molar-refractivity contribution is -0.125. The molecule has 1 fully saturated rings. The number of nitrogens with one attached hydrogen (secondary N) is 2. The van der Waals surface area contributed by atoms with E-state index >= 15 is 0 Å². The van der Waals surface area contributed by atoms with Crippen LogP contribution in [-0.4, -0.2) is 62.0 Å². The molecule has 1 heterocycles. The van der Waals surface area contributed by atoms with Crippen LogP contribution in [0.4, 0.5) is 17.1 Å². The van der Waals surface area contributed by atoms with Crippen molar-refractivity contribution < 1.29 is 19.1 Å². The van der Waals surface area contributed by atoms with Gasteiger partial charge in [-0.15, -0.1) is 0 Å². The van der Waals surface area contributed by atoms with E-state index in [1.54, 1.807) is 24.1 Å². The molecule has 1 aliphatic heterocycles. The van der Waals surface area contributed by atoms with Crippen LogP contribution in [0.2, 0.25) is 0 Å². The number of piperazine rings is 1. The Kier molecular flexibility index (Phi) is 7.32. The highest BCUT2D eigenvalue weighted by Crippen LogP contribution is 2.23. The van der Waals surface area contributed by atoms with Gasteiger partial charge in [-0.3, -0.25) is 19.3 Å². The number of benzene rings is 2. The Bertz CT molecular complexity index is 992. The molecule has 0 bridgehead atoms. The van der Waals surface area contributed by atoms with Crippen LogP contribution in [0.5, 0.6) is 5.75 Å². The maximum absolute atomic E-state index is 12.7. The second-order valence-corrected chi connectivity index (χ2v) is 7.79. The summed E-state index contributed by atoms with van der Waals surface area (Å²) in [5, 5.41) is 5.58. The standard InChI is InChI=1S/C23H29N5O4/c1-15-4-5-17(12-20(15)25-16(2)29)26-22(30)14-28-11-10-27(13-21(28)23(24)31)18-6-8-19(32-3)9-7-18/h4-9,12,21H,10-11,13-14H2,1-3H3,(H2,24,31)(H,25,29)(H,26,30)/t21-/m1/s1. The number of nitrogens with zero attached hydrogens (tertiary/aromatic N) is 2. The van der Waals surface area contributed by atoms with Gasteiger partial charge in [0.2, 0.25) is 17.7 Å². The molecule has 3 amide bonds. The Labute approximate surface area is 187 Å². The number of primary amides is 1. The number of methoxy groups -OCH3 is 1. The van der Waals surface area contributed by atoms with Crippen molar-refractivity contribution >= 4 is 34.8 Å². The van der Waals surface area contributed by atoms with Crippen molar-refractivity contribution in [3.63, 3.8) is 0 Å². The maximum Gasteiger partial charge on any atom is 0.238 e. The van der Waals surface area contributed by atoms with Gasteiger partial charge in [0.15, 0.2) is 0 Å². The number of aryl methyl sites for hydroxylation is 1. The van der Waals surface area contributed by atoms with Gasteiger partial charge in [-0.25, -0.2) is 0 Å². The molecule has 170 valence electrons. The summed E-state index contributed by atoms with van der Waals surface area (Å²) in [5.74, 6) is -0.157. The molecule has 9 heteroatoms. The summed E-state index contributed by atoms with van der Waals surface area (Å²) >= 11 is 0. The fourth-order valence-electron chi connectivity index (χ4n) is 3.72. The molecule has 2 aromatic rings. The Morgan fingerprint density at radius 2 is 1.81 bits per heavy atom. The van der Waals surface area contributed by atoms with Crippen LogP contribution in [-0.2, 0) is 14.4 Å². The molecule has 0 saturated carbocycles. The number of carbonyl (C=O) groups excluding carboxylic acids is 3. The third-order valence-electron chi connectivity index (χ3n) is 5.44. The smallest absolute Gasteiger partial charge is 0.238 e. The molecule has 1 aliphatic rings. The average Bonchev–Trinajstić information content (AvgIpc) is 2.76. The van der Waals surface area contributed by atoms with Crippen molar-refractivity contribution in [3.8, 4) is 5.75 Å². The minimum absolute atomic E-state index is 0.0351. The topological polar surface area (TPSA) is 117 Å². The molecule has 9 nitrogen and oxygen atoms in total. The SMILES string of the molecule is COc1ccc(N2CCN(CC(=O)Nc3ccc(C)c(NC(C)=O)c3)[C@@H](C(N)=O)C2)cc1. The number of hydrogen-bond donors (Lipinski definition) is 3. The van der Waals surface area contributed by atoms with Crippen molar-refractivity contribution in [2.24, 2.45) is 5.73 Å². The Morgan fingerprint density at radius 1 is 1.09 bits per heavy atom. The lowest BCUT2D eigenvalue weighted by atomic mass is 10.1. The molecule has 4 N–H and O–H groups in total. The summed E-state index contributed by atoms with van der Waals surface area (Å²) in [7, 11) is 1.61. The van der Waals surface area contributed by atoms with E-state index in [9.17, 15) is 14.4 Å². The number of anilines is 3. The van der Waals surface area contributed by atoms with E-state index < -0.39 is 11.9 Å². The fraction of sp³-hybridized carbons (Fsp3) is 0.348. The second kappa shape index (κ2) is 10.1. The molecule has 1 saturated heterocycles. The first-order valence-electron chi connectivity index (χ1n) is 10.4. The van der Waals surface area contributed by atoms with Crippen LogP contribution in [0.25, 0.3) is 0 Å². The highest BCUT2D eigenvalue weighted by molar-refractivity contribution is 5.95. The summed E-state index contributed by atoms with van der Waals surface area (Å²) in [6.45, 7) is 4.90. The van der Waals surface area contributed by atoms with Gasteiger partial charge in [0, 0.05) is 43.6 Å². The first kappa shape index (κ1) is 23.1. The van der Waals surface area contributed by atoms with E-state index in [1.807, 2.05) is 37.3 Å². The highest BCUT2D eigenvalue weighted by Gasteiger charge is 2.32. The second-order valence-electron chi connectivity index (χ2n) is 7.79. The molecule has 0 spiro atoms. The Balaban J connectivity index is 1.64. The monoisotopic (exact) mass is 439 g/mol. The molecule has 0 aromatic heterocycles. The zero-order valence-corrected chi connectivity index (χ0v) is 18.6. The summed E-state index contributed by atoms with van der Waals surface area (Å²) in [4.78, 5) is 40.0. The third-order valence-corrected chi connectivity index (χ3v) is 5.44. The number of nitrogens with two attached hydrogens (primary N) is 1. The average molecular weight is 440 g/mol. The van der Waals surface area contributed by atoms with Crippen molar-refractivity contribution in [1.29, 1.82) is 0 Å². The molecule has 3 rings (SSSR count). The number of ether oxygens (including phenoxy) is 1. The number of amides is 3. The third kappa shape index (κ3) is 5.76. The van der Waals surface area contributed by atoms with Crippen LogP contribution >= 0.6 is 0 Å². The zero-order chi connectivity index (χ0) is 23.3. The Morgan fingerprint density at radius 3 is 2.44 bits per heavy atom. The minimum atomic E-state index is -0.593. The summed E-state index contributed by atoms with van der Waals surface area (Å²) < 4.78 is 5.19. The summed E-state index contributed by atoms with van der Waals surface area (Å²) in [6.07, 6.45) is 0. The van der Waals surface area contributed by atoms with Crippen LogP contribution in [0, 0.1) is 6.92 Å². The molecule has 2 aromatic carbocycles. The van der Waals surface area contributed by atoms with Gasteiger partial charge in [-0.1, -0.05) is 6.07 Å². The fourth-order valence-corrected chi connectivity index (χ4v) is 3.72. The van der Waals surface area contributed by atoms with Gasteiger partial charge in [-0.05, 0) is 48.9 Å². The van der Waals surface area contributed by atoms with Crippen molar-refractivity contribution in [2.45, 2.75) is 19.9 Å². The zero-order valence-electron chi connectivity index (χ0n) is 18.6. The molecular formula is C23H29N5O4. The predicted molar refractivity (Wildman–Crippen MR) is 124 cm³/mol. The van der Waals surface area contributed by atoms with Crippen LogP contribution in [0.15, 0.2) is 42.5 Å². The largest absolute Gasteiger partial charge is 0.497 e. The van der Waals surface area contributed by atoms with E-state index in [4.69, 9.17) is 10.5 Å². The van der Waals surface area contributed by atoms with Gasteiger partial charge in [-0.2, -0.15) is 0 Å². The molecule has 0 aliphatic carbocycles. The van der Waals surface area contributed by atoms with Crippen LogP contribution < -0.4 is 26.0 Å². The molecule has 0 radical (unpaired) electrons. The van der Waals surface area contributed by atoms with E-state index in [0.29, 0.717) is 31.0 Å². The summed E-state index contributed by atoms with van der Waals surface area (Å²) in [6, 6.07) is 12.3. The summed E-state index contributed by atoms with van der Waals surface area (Å²) in [5.41, 5.74) is 8.71. The first-order chi connectivity index (χ1) is 15.3. The van der Waals surface area contributed by atoms with Crippen molar-refractivity contribution in [3.05, 3.63) is 48.0 Å². The van der Waals surface area contributed by atoms with Crippen molar-refractivity contribution in [1.82, 2.24) is 4.90 Å². The lowest BCUT2D eigenvalue weighted by Gasteiger charge is -2.40. The number of carbonyl (C=O) groups is 3. The lowest BCUT2D eigenvalue weighted by Crippen LogP contribution is -2.59. The van der Waals surface area contributed by atoms with Gasteiger partial charge in [0.25, 0.3) is 0 Å². The normalized spacial score (nSPS) is 16.3. The van der Waals surface area contributed by atoms with E-state index in [0.717, 1.165) is 17.0 Å². The predicted octanol–water partition coefficient (Wildman–Crippen LogP) is 1.58. The number of hydrogen-bond acceptors (Lipinski definition) is 6. The van der Waals surface area contributed by atoms with Crippen molar-refractivity contribution in [2.75, 3.05) is 48.8 Å². The minimum Gasteiger partial charge on any atom is -0.497 e. The number of rotatable bonds is 7. The maximum atomic E-state index is 12.7. The molecular weight excluding hydrogens is 410 g/mol. The van der Waals surface area contributed by atoms with Crippen LogP contribution in [0.1, 0.15) is 12.5 Å². The quantitative estimate of drug-likeness (QED) is 0.603. The van der Waals surface area contributed by atoms with E-state index in [2.05, 4.69) is 15.5 Å². The van der Waals surface area contributed by atoms with Crippen LogP contribution in [0.3, 0.4) is 0 Å². The molecule has 32 heavy (non-hydrogen) atoms. The van der Waals surface area contributed by atoms with Gasteiger partial charge >= 0.3 is 0 Å². The van der Waals surface area contributed by atoms with Gasteiger partial charge in [0.1, 0.15) is 11.8 Å². The van der Waals surface area contributed by atoms with E-state index in [-0.39, 0.29) is 18.4 Å². The first-order valence-corrected chi connectivity index (χ1v) is 10.4. The molecule has 0 unspecified atom stereocenters. The highest BCUT2D eigenvalue weighted by atomic mass is 16.5. The van der Waals surface area contributed by atoms with E-state index in [1.165, 1.54) is 6.92 Å².